The summed E-state index contributed by atoms with van der Waals surface area (Å²) in [6.45, 7) is -0.688. The number of carbonyl (C=O) groups is 1. The van der Waals surface area contributed by atoms with Crippen LogP contribution in [0.15, 0.2) is 34.1 Å². The molecule has 0 bridgehead atoms. The van der Waals surface area contributed by atoms with Crippen LogP contribution >= 0.6 is 0 Å². The van der Waals surface area contributed by atoms with Gasteiger partial charge in [-0.3, -0.25) is 4.79 Å². The third kappa shape index (κ3) is 5.74. The number of aliphatic carboxylic acids is 1. The average molecular weight is 390 g/mol. The van der Waals surface area contributed by atoms with Crippen molar-refractivity contribution in [3.05, 3.63) is 24.3 Å². The van der Waals surface area contributed by atoms with E-state index < -0.39 is 54.6 Å². The normalized spacial score (nSPS) is 14.3. The maximum Gasteiger partial charge on any atom is 0.402 e. The molecule has 1 aromatic carbocycles. The lowest BCUT2D eigenvalue weighted by Crippen LogP contribution is -2.38. The van der Waals surface area contributed by atoms with Crippen LogP contribution in [0, 0.1) is 0 Å². The standard InChI is InChI=1S/C11H13F3N2O6S2/c1-7(10(17)18)16-24(21,22)9-4-2-8(3-5-9)23(19,20)15-6-11(12,13)14/h2-5,7,15-16H,6H2,1H3,(H,17,18). The second-order valence-corrected chi connectivity index (χ2v) is 8.07. The van der Waals surface area contributed by atoms with Crippen molar-refractivity contribution in [2.24, 2.45) is 0 Å². The van der Waals surface area contributed by atoms with E-state index in [1.807, 2.05) is 4.72 Å². The lowest BCUT2D eigenvalue weighted by atomic mass is 10.4. The van der Waals surface area contributed by atoms with Crippen molar-refractivity contribution < 1.29 is 39.9 Å². The summed E-state index contributed by atoms with van der Waals surface area (Å²) in [4.78, 5) is 9.63. The number of hydrogen-bond acceptors (Lipinski definition) is 5. The van der Waals surface area contributed by atoms with Crippen molar-refractivity contribution in [3.8, 4) is 0 Å². The van der Waals surface area contributed by atoms with Gasteiger partial charge in [0.1, 0.15) is 12.6 Å². The number of halogens is 3. The fourth-order valence-electron chi connectivity index (χ4n) is 1.41. The molecule has 136 valence electrons. The first-order valence-electron chi connectivity index (χ1n) is 6.16. The Morgan fingerprint density at radius 2 is 1.50 bits per heavy atom. The predicted octanol–water partition coefficient (Wildman–Crippen LogP) is 0.279. The highest BCUT2D eigenvalue weighted by molar-refractivity contribution is 7.90. The van der Waals surface area contributed by atoms with Gasteiger partial charge in [-0.15, -0.1) is 0 Å². The minimum atomic E-state index is -4.74. The lowest BCUT2D eigenvalue weighted by Gasteiger charge is -2.12. The van der Waals surface area contributed by atoms with Crippen LogP contribution in [0.2, 0.25) is 0 Å². The summed E-state index contributed by atoms with van der Waals surface area (Å²) in [5.74, 6) is -1.42. The third-order valence-electron chi connectivity index (χ3n) is 2.61. The minimum absolute atomic E-state index is 0.439. The molecule has 0 amide bonds. The zero-order valence-corrected chi connectivity index (χ0v) is 13.7. The first-order chi connectivity index (χ1) is 10.7. The molecule has 0 saturated heterocycles. The van der Waals surface area contributed by atoms with Gasteiger partial charge < -0.3 is 5.11 Å². The van der Waals surface area contributed by atoms with Crippen LogP contribution in [0.1, 0.15) is 6.92 Å². The van der Waals surface area contributed by atoms with Crippen LogP contribution in [0.3, 0.4) is 0 Å². The number of carboxylic acid groups (broad SMARTS) is 1. The molecule has 1 rings (SSSR count). The van der Waals surface area contributed by atoms with Gasteiger partial charge in [-0.25, -0.2) is 21.6 Å². The molecular weight excluding hydrogens is 377 g/mol. The van der Waals surface area contributed by atoms with E-state index in [1.54, 1.807) is 0 Å². The Hall–Kier alpha value is -1.70. The fraction of sp³-hybridized carbons (Fsp3) is 0.364. The predicted molar refractivity (Wildman–Crippen MR) is 75.1 cm³/mol. The molecule has 13 heteroatoms. The molecule has 0 saturated carbocycles. The summed E-state index contributed by atoms with van der Waals surface area (Å²) >= 11 is 0. The van der Waals surface area contributed by atoms with E-state index in [1.165, 1.54) is 4.72 Å². The van der Waals surface area contributed by atoms with Crippen LogP contribution in [0.25, 0.3) is 0 Å². The van der Waals surface area contributed by atoms with Gasteiger partial charge in [0.25, 0.3) is 0 Å². The summed E-state index contributed by atoms with van der Waals surface area (Å²) in [6.07, 6.45) is -4.74. The second-order valence-electron chi connectivity index (χ2n) is 4.59. The summed E-state index contributed by atoms with van der Waals surface area (Å²) in [6, 6.07) is 1.82. The molecule has 1 aromatic rings. The van der Waals surface area contributed by atoms with Crippen molar-refractivity contribution >= 4 is 26.0 Å². The Kier molecular flexibility index (Phi) is 5.97. The molecular formula is C11H13F3N2O6S2. The Bertz CT molecular complexity index is 803. The number of rotatable bonds is 7. The van der Waals surface area contributed by atoms with Crippen LogP contribution in [0.5, 0.6) is 0 Å². The third-order valence-corrected chi connectivity index (χ3v) is 5.58. The molecule has 0 fully saturated rings. The summed E-state index contributed by atoms with van der Waals surface area (Å²) in [5, 5.41) is 8.66. The highest BCUT2D eigenvalue weighted by atomic mass is 32.2. The first-order valence-corrected chi connectivity index (χ1v) is 9.13. The highest BCUT2D eigenvalue weighted by Gasteiger charge is 2.30. The Morgan fingerprint density at radius 1 is 1.08 bits per heavy atom. The molecule has 1 unspecified atom stereocenters. The number of benzene rings is 1. The quantitative estimate of drug-likeness (QED) is 0.613. The van der Waals surface area contributed by atoms with Crippen molar-refractivity contribution in [2.75, 3.05) is 6.54 Å². The van der Waals surface area contributed by atoms with Crippen LogP contribution in [0.4, 0.5) is 13.2 Å². The van der Waals surface area contributed by atoms with Gasteiger partial charge in [0.15, 0.2) is 0 Å². The van der Waals surface area contributed by atoms with Crippen molar-refractivity contribution in [1.82, 2.24) is 9.44 Å². The number of alkyl halides is 3. The van der Waals surface area contributed by atoms with E-state index in [0.29, 0.717) is 0 Å². The van der Waals surface area contributed by atoms with Crippen LogP contribution in [-0.4, -0.2) is 46.7 Å². The van der Waals surface area contributed by atoms with Gasteiger partial charge in [-0.2, -0.15) is 17.9 Å². The smallest absolute Gasteiger partial charge is 0.402 e. The molecule has 1 atom stereocenters. The number of nitrogens with one attached hydrogen (secondary N) is 2. The van der Waals surface area contributed by atoms with Gasteiger partial charge >= 0.3 is 12.1 Å². The van der Waals surface area contributed by atoms with Crippen LogP contribution in [-0.2, 0) is 24.8 Å². The monoisotopic (exact) mass is 390 g/mol. The molecule has 0 radical (unpaired) electrons. The minimum Gasteiger partial charge on any atom is -0.480 e. The molecule has 0 aliphatic heterocycles. The van der Waals surface area contributed by atoms with Gasteiger partial charge in [-0.05, 0) is 31.2 Å². The maximum absolute atomic E-state index is 12.0. The first kappa shape index (κ1) is 20.3. The summed E-state index contributed by atoms with van der Waals surface area (Å²) in [7, 11) is -8.70. The van der Waals surface area contributed by atoms with Gasteiger partial charge in [-0.1, -0.05) is 0 Å². The van der Waals surface area contributed by atoms with E-state index in [-0.39, 0.29) is 0 Å². The van der Waals surface area contributed by atoms with E-state index in [2.05, 4.69) is 0 Å². The number of carboxylic acids is 1. The largest absolute Gasteiger partial charge is 0.480 e. The van der Waals surface area contributed by atoms with E-state index in [4.69, 9.17) is 5.11 Å². The Balaban J connectivity index is 2.98. The molecule has 8 nitrogen and oxygen atoms in total. The van der Waals surface area contributed by atoms with Crippen molar-refractivity contribution in [1.29, 1.82) is 0 Å². The van der Waals surface area contributed by atoms with E-state index in [9.17, 15) is 34.8 Å². The van der Waals surface area contributed by atoms with Gasteiger partial charge in [0.2, 0.25) is 20.0 Å². The average Bonchev–Trinajstić information content (AvgIpc) is 2.44. The Morgan fingerprint density at radius 3 is 1.88 bits per heavy atom. The zero-order chi connectivity index (χ0) is 18.8. The molecule has 0 aliphatic carbocycles. The second kappa shape index (κ2) is 7.04. The van der Waals surface area contributed by atoms with Gasteiger partial charge in [0.05, 0.1) is 9.79 Å². The summed E-state index contributed by atoms with van der Waals surface area (Å²) in [5.41, 5.74) is 0. The molecule has 0 aromatic heterocycles. The number of hydrogen-bond donors (Lipinski definition) is 3. The lowest BCUT2D eigenvalue weighted by molar-refractivity contribution is -0.138. The highest BCUT2D eigenvalue weighted by Crippen LogP contribution is 2.17. The van der Waals surface area contributed by atoms with E-state index in [0.717, 1.165) is 31.2 Å². The molecule has 3 N–H and O–H groups in total. The topological polar surface area (TPSA) is 130 Å². The Labute approximate surface area is 135 Å². The fourth-order valence-corrected chi connectivity index (χ4v) is 3.62. The number of sulfonamides is 2. The molecule has 0 aliphatic rings. The zero-order valence-electron chi connectivity index (χ0n) is 12.0. The van der Waals surface area contributed by atoms with Crippen molar-refractivity contribution in [3.63, 3.8) is 0 Å². The molecule has 0 heterocycles. The van der Waals surface area contributed by atoms with Gasteiger partial charge in [0, 0.05) is 0 Å². The van der Waals surface area contributed by atoms with E-state index >= 15 is 0 Å². The summed E-state index contributed by atoms with van der Waals surface area (Å²) < 4.78 is 86.4. The van der Waals surface area contributed by atoms with Crippen molar-refractivity contribution in [2.45, 2.75) is 28.9 Å². The van der Waals surface area contributed by atoms with Crippen LogP contribution < -0.4 is 9.44 Å². The SMILES string of the molecule is CC(NS(=O)(=O)c1ccc(S(=O)(=O)NCC(F)(F)F)cc1)C(=O)O. The molecule has 0 spiro atoms. The molecule has 24 heavy (non-hydrogen) atoms. The maximum atomic E-state index is 12.0.